The Morgan fingerprint density at radius 3 is 2.82 bits per heavy atom. The van der Waals surface area contributed by atoms with Crippen molar-refractivity contribution in [2.45, 2.75) is 44.8 Å². The Morgan fingerprint density at radius 2 is 2.18 bits per heavy atom. The van der Waals surface area contributed by atoms with Crippen LogP contribution in [0.4, 0.5) is 4.39 Å². The normalized spacial score (nSPS) is 26.4. The van der Waals surface area contributed by atoms with Gasteiger partial charge in [0.1, 0.15) is 5.82 Å². The van der Waals surface area contributed by atoms with E-state index in [0.29, 0.717) is 6.04 Å². The first-order valence-corrected chi connectivity index (χ1v) is 6.34. The second-order valence-corrected chi connectivity index (χ2v) is 5.19. The molecule has 2 nitrogen and oxygen atoms in total. The lowest BCUT2D eigenvalue weighted by atomic mass is 9.91. The minimum atomic E-state index is -0.162. The number of rotatable bonds is 2. The molecule has 0 saturated carbocycles. The van der Waals surface area contributed by atoms with Crippen LogP contribution in [0.5, 0.6) is 0 Å². The molecule has 0 aliphatic carbocycles. The van der Waals surface area contributed by atoms with E-state index < -0.39 is 0 Å². The Balaban J connectivity index is 2.25. The molecule has 1 aromatic rings. The van der Waals surface area contributed by atoms with Crippen molar-refractivity contribution in [2.24, 2.45) is 5.73 Å². The average Bonchev–Trinajstić information content (AvgIpc) is 2.28. The fourth-order valence-corrected chi connectivity index (χ4v) is 2.67. The van der Waals surface area contributed by atoms with Crippen molar-refractivity contribution in [2.75, 3.05) is 6.54 Å². The number of nitrogens with two attached hydrogens (primary N) is 1. The van der Waals surface area contributed by atoms with E-state index in [-0.39, 0.29) is 17.9 Å². The Bertz CT molecular complexity index is 378. The zero-order chi connectivity index (χ0) is 12.4. The van der Waals surface area contributed by atoms with Crippen LogP contribution < -0.4 is 5.73 Å². The first-order chi connectivity index (χ1) is 8.08. The summed E-state index contributed by atoms with van der Waals surface area (Å²) in [6.07, 6.45) is 1.95. The van der Waals surface area contributed by atoms with Gasteiger partial charge < -0.3 is 5.73 Å². The molecule has 0 amide bonds. The Kier molecular flexibility index (Phi) is 3.79. The zero-order valence-corrected chi connectivity index (χ0v) is 10.6. The molecule has 0 radical (unpaired) electrons. The molecule has 2 atom stereocenters. The lowest BCUT2D eigenvalue weighted by Crippen LogP contribution is -2.45. The summed E-state index contributed by atoms with van der Waals surface area (Å²) in [5.74, 6) is -0.162. The number of benzene rings is 1. The van der Waals surface area contributed by atoms with E-state index in [0.717, 1.165) is 24.9 Å². The highest BCUT2D eigenvalue weighted by Gasteiger charge is 2.29. The van der Waals surface area contributed by atoms with Crippen LogP contribution in [-0.4, -0.2) is 23.5 Å². The van der Waals surface area contributed by atoms with Crippen molar-refractivity contribution < 1.29 is 4.39 Å². The van der Waals surface area contributed by atoms with Gasteiger partial charge in [0.05, 0.1) is 0 Å². The number of likely N-dealkylation sites (tertiary alicyclic amines) is 1. The van der Waals surface area contributed by atoms with Gasteiger partial charge in [-0.3, -0.25) is 4.90 Å². The van der Waals surface area contributed by atoms with Gasteiger partial charge >= 0.3 is 0 Å². The smallest absolute Gasteiger partial charge is 0.123 e. The molecule has 1 aromatic carbocycles. The lowest BCUT2D eigenvalue weighted by molar-refractivity contribution is 0.101. The lowest BCUT2D eigenvalue weighted by Gasteiger charge is -2.41. The summed E-state index contributed by atoms with van der Waals surface area (Å²) in [6.45, 7) is 5.37. The monoisotopic (exact) mass is 236 g/mol. The largest absolute Gasteiger partial charge is 0.328 e. The van der Waals surface area contributed by atoms with E-state index in [1.807, 2.05) is 6.07 Å². The minimum absolute atomic E-state index is 0.162. The van der Waals surface area contributed by atoms with Gasteiger partial charge in [-0.15, -0.1) is 0 Å². The molecule has 0 bridgehead atoms. The summed E-state index contributed by atoms with van der Waals surface area (Å²) >= 11 is 0. The molecule has 0 unspecified atom stereocenters. The van der Waals surface area contributed by atoms with Crippen molar-refractivity contribution in [1.29, 1.82) is 0 Å². The fraction of sp³-hybridized carbons (Fsp3) is 0.571. The van der Waals surface area contributed by atoms with Gasteiger partial charge in [0, 0.05) is 24.7 Å². The van der Waals surface area contributed by atoms with Crippen LogP contribution in [0.3, 0.4) is 0 Å². The molecule has 0 aromatic heterocycles. The predicted molar refractivity (Wildman–Crippen MR) is 68.2 cm³/mol. The number of halogens is 1. The molecule has 2 N–H and O–H groups in total. The molecule has 2 rings (SSSR count). The van der Waals surface area contributed by atoms with E-state index in [9.17, 15) is 4.39 Å². The molecule has 3 heteroatoms. The second-order valence-electron chi connectivity index (χ2n) is 5.19. The molecular formula is C14H21FN2. The Labute approximate surface area is 103 Å². The maximum absolute atomic E-state index is 13.3. The van der Waals surface area contributed by atoms with Gasteiger partial charge in [0.15, 0.2) is 0 Å². The number of hydrogen-bond donors (Lipinski definition) is 1. The Morgan fingerprint density at radius 1 is 1.41 bits per heavy atom. The van der Waals surface area contributed by atoms with Crippen molar-refractivity contribution in [3.05, 3.63) is 35.6 Å². The van der Waals surface area contributed by atoms with Crippen LogP contribution >= 0.6 is 0 Å². The van der Waals surface area contributed by atoms with Crippen LogP contribution in [0.25, 0.3) is 0 Å². The van der Waals surface area contributed by atoms with E-state index in [2.05, 4.69) is 18.7 Å². The summed E-state index contributed by atoms with van der Waals surface area (Å²) in [5, 5.41) is 0. The second kappa shape index (κ2) is 5.15. The summed E-state index contributed by atoms with van der Waals surface area (Å²) in [5.41, 5.74) is 7.09. The predicted octanol–water partition coefficient (Wildman–Crippen LogP) is 2.70. The summed E-state index contributed by atoms with van der Waals surface area (Å²) in [4.78, 5) is 2.41. The summed E-state index contributed by atoms with van der Waals surface area (Å²) in [6, 6.07) is 7.87. The van der Waals surface area contributed by atoms with Gasteiger partial charge in [-0.25, -0.2) is 4.39 Å². The molecule has 1 fully saturated rings. The zero-order valence-electron chi connectivity index (χ0n) is 10.6. The van der Waals surface area contributed by atoms with Crippen molar-refractivity contribution in [1.82, 2.24) is 4.90 Å². The van der Waals surface area contributed by atoms with Gasteiger partial charge in [-0.1, -0.05) is 12.1 Å². The molecule has 0 spiro atoms. The van der Waals surface area contributed by atoms with E-state index in [1.54, 1.807) is 12.1 Å². The average molecular weight is 236 g/mol. The van der Waals surface area contributed by atoms with Crippen molar-refractivity contribution in [3.8, 4) is 0 Å². The maximum Gasteiger partial charge on any atom is 0.123 e. The van der Waals surface area contributed by atoms with Gasteiger partial charge in [-0.05, 0) is 44.4 Å². The topological polar surface area (TPSA) is 29.3 Å². The molecule has 1 aliphatic rings. The van der Waals surface area contributed by atoms with Crippen LogP contribution in [0.15, 0.2) is 24.3 Å². The van der Waals surface area contributed by atoms with Crippen LogP contribution in [0, 0.1) is 5.82 Å². The first kappa shape index (κ1) is 12.5. The molecular weight excluding hydrogens is 215 g/mol. The highest BCUT2D eigenvalue weighted by Crippen LogP contribution is 2.32. The van der Waals surface area contributed by atoms with E-state index in [4.69, 9.17) is 5.73 Å². The van der Waals surface area contributed by atoms with Crippen LogP contribution in [0.2, 0.25) is 0 Å². The van der Waals surface area contributed by atoms with Gasteiger partial charge in [0.25, 0.3) is 0 Å². The third-order valence-corrected chi connectivity index (χ3v) is 3.58. The van der Waals surface area contributed by atoms with Gasteiger partial charge in [-0.2, -0.15) is 0 Å². The number of hydrogen-bond acceptors (Lipinski definition) is 2. The Hall–Kier alpha value is -0.930. The van der Waals surface area contributed by atoms with Crippen molar-refractivity contribution in [3.63, 3.8) is 0 Å². The standard InChI is InChI=1S/C14H21FN2/c1-10(2)17-7-6-13(16)9-14(17)11-4-3-5-12(15)8-11/h3-5,8,10,13-14H,6-7,9,16H2,1-2H3/t13-,14+/m1/s1. The number of nitrogens with zero attached hydrogens (tertiary/aromatic N) is 1. The quantitative estimate of drug-likeness (QED) is 0.855. The van der Waals surface area contributed by atoms with Gasteiger partial charge in [0.2, 0.25) is 0 Å². The maximum atomic E-state index is 13.3. The molecule has 17 heavy (non-hydrogen) atoms. The highest BCUT2D eigenvalue weighted by atomic mass is 19.1. The first-order valence-electron chi connectivity index (χ1n) is 6.34. The van der Waals surface area contributed by atoms with E-state index >= 15 is 0 Å². The molecule has 1 saturated heterocycles. The molecule has 1 aliphatic heterocycles. The summed E-state index contributed by atoms with van der Waals surface area (Å²) < 4.78 is 13.3. The third kappa shape index (κ3) is 2.85. The minimum Gasteiger partial charge on any atom is -0.328 e. The van der Waals surface area contributed by atoms with Crippen molar-refractivity contribution >= 4 is 0 Å². The number of piperidine rings is 1. The van der Waals surface area contributed by atoms with Crippen LogP contribution in [-0.2, 0) is 0 Å². The van der Waals surface area contributed by atoms with E-state index in [1.165, 1.54) is 6.07 Å². The summed E-state index contributed by atoms with van der Waals surface area (Å²) in [7, 11) is 0. The fourth-order valence-electron chi connectivity index (χ4n) is 2.67. The SMILES string of the molecule is CC(C)N1CC[C@@H](N)C[C@H]1c1cccc(F)c1. The molecule has 1 heterocycles. The molecule has 94 valence electrons. The third-order valence-electron chi connectivity index (χ3n) is 3.58. The highest BCUT2D eigenvalue weighted by molar-refractivity contribution is 5.21. The van der Waals surface area contributed by atoms with Crippen LogP contribution in [0.1, 0.15) is 38.3 Å².